The molecule has 0 aliphatic carbocycles. The summed E-state index contributed by atoms with van der Waals surface area (Å²) in [5.74, 6) is -2.76. The zero-order valence-corrected chi connectivity index (χ0v) is 14.2. The van der Waals surface area contributed by atoms with E-state index in [1.54, 1.807) is 6.07 Å². The van der Waals surface area contributed by atoms with Crippen LogP contribution in [0, 0.1) is 5.21 Å². The van der Waals surface area contributed by atoms with Crippen molar-refractivity contribution in [2.45, 2.75) is 19.6 Å². The number of hydrogen-bond acceptors (Lipinski definition) is 9. The average Bonchev–Trinajstić information content (AvgIpc) is 2.93. The molecule has 2 rings (SSSR count). The Hall–Kier alpha value is -3.18. The summed E-state index contributed by atoms with van der Waals surface area (Å²) in [6.45, 7) is 0.878. The fourth-order valence-corrected chi connectivity index (χ4v) is 1.74. The number of nitrogens with two attached hydrogens (primary N) is 2. The number of benzene rings is 1. The van der Waals surface area contributed by atoms with Gasteiger partial charge in [0.1, 0.15) is 17.4 Å². The smallest absolute Gasteiger partial charge is 0.342 e. The maximum atomic E-state index is 12.2. The van der Waals surface area contributed by atoms with E-state index >= 15 is 0 Å². The molecule has 26 heavy (non-hydrogen) atoms. The summed E-state index contributed by atoms with van der Waals surface area (Å²) in [6.07, 6.45) is 0. The monoisotopic (exact) mass is 386 g/mol. The molecule has 0 aliphatic heterocycles. The topological polar surface area (TPSA) is 175 Å². The number of carbonyl (C=O) groups is 3. The summed E-state index contributed by atoms with van der Waals surface area (Å²) in [7, 11) is 0. The molecule has 0 bridgehead atoms. The molecule has 0 spiro atoms. The van der Waals surface area contributed by atoms with Gasteiger partial charge in [0.2, 0.25) is 0 Å². The summed E-state index contributed by atoms with van der Waals surface area (Å²) in [6, 6.07) is 4.93. The molecule has 0 aliphatic rings. The lowest BCUT2D eigenvalue weighted by atomic mass is 10.2. The van der Waals surface area contributed by atoms with E-state index in [1.807, 2.05) is 0 Å². The molecule has 4 N–H and O–H groups in total. The van der Waals surface area contributed by atoms with Crippen LogP contribution in [0.2, 0.25) is 0 Å². The first-order valence-corrected chi connectivity index (χ1v) is 6.93. The number of para-hydroxylation sites is 1. The number of ether oxygens (including phenoxy) is 2. The summed E-state index contributed by atoms with van der Waals surface area (Å²) in [5, 5.41) is 14.5. The van der Waals surface area contributed by atoms with Crippen molar-refractivity contribution in [3.8, 4) is 5.75 Å². The molecular weight excluding hydrogens is 372 g/mol. The minimum absolute atomic E-state index is 0. The van der Waals surface area contributed by atoms with Gasteiger partial charge in [-0.2, -0.15) is 0 Å². The lowest BCUT2D eigenvalue weighted by Gasteiger charge is -2.10. The van der Waals surface area contributed by atoms with Gasteiger partial charge in [-0.3, -0.25) is 9.42 Å². The van der Waals surface area contributed by atoms with Crippen molar-refractivity contribution >= 4 is 30.3 Å². The summed E-state index contributed by atoms with van der Waals surface area (Å²) in [4.78, 5) is 34.7. The highest BCUT2D eigenvalue weighted by atomic mass is 35.5. The second kappa shape index (κ2) is 8.78. The number of rotatable bonds is 6. The minimum atomic E-state index is -1.09. The molecule has 2 aromatic rings. The van der Waals surface area contributed by atoms with E-state index in [4.69, 9.17) is 20.9 Å². The Morgan fingerprint density at radius 1 is 1.35 bits per heavy atom. The first-order chi connectivity index (χ1) is 11.8. The minimum Gasteiger partial charge on any atom is -0.453 e. The van der Waals surface area contributed by atoms with Crippen molar-refractivity contribution in [3.63, 3.8) is 0 Å². The van der Waals surface area contributed by atoms with Gasteiger partial charge in [-0.05, 0) is 24.0 Å². The highest BCUT2D eigenvalue weighted by molar-refractivity contribution is 5.94. The third kappa shape index (κ3) is 4.68. The van der Waals surface area contributed by atoms with Gasteiger partial charge in [-0.15, -0.1) is 12.4 Å². The molecule has 1 unspecified atom stereocenters. The van der Waals surface area contributed by atoms with Gasteiger partial charge < -0.3 is 26.1 Å². The summed E-state index contributed by atoms with van der Waals surface area (Å²) >= 11 is 0. The van der Waals surface area contributed by atoms with Gasteiger partial charge in [0.15, 0.2) is 6.61 Å². The predicted octanol–water partition coefficient (Wildman–Crippen LogP) is -0.562. The van der Waals surface area contributed by atoms with E-state index < -0.39 is 36.2 Å². The van der Waals surface area contributed by atoms with E-state index in [1.165, 1.54) is 25.1 Å². The van der Waals surface area contributed by atoms with E-state index in [2.05, 4.69) is 9.79 Å². The van der Waals surface area contributed by atoms with Crippen LogP contribution in [0.1, 0.15) is 33.5 Å². The number of esters is 2. The van der Waals surface area contributed by atoms with Gasteiger partial charge in [0, 0.05) is 5.16 Å². The van der Waals surface area contributed by atoms with Crippen molar-refractivity contribution in [1.82, 2.24) is 5.16 Å². The van der Waals surface area contributed by atoms with Crippen LogP contribution < -0.4 is 21.1 Å². The van der Waals surface area contributed by atoms with Gasteiger partial charge in [-0.25, -0.2) is 9.59 Å². The third-order valence-electron chi connectivity index (χ3n) is 2.94. The Morgan fingerprint density at radius 2 is 2.00 bits per heavy atom. The van der Waals surface area contributed by atoms with Crippen LogP contribution >= 0.6 is 12.4 Å². The number of amides is 1. The number of hydrogen-bond donors (Lipinski definition) is 2. The number of primary amides is 1. The zero-order chi connectivity index (χ0) is 18.6. The maximum Gasteiger partial charge on any atom is 0.342 e. The number of carbonyl (C=O) groups excluding carboxylic acids is 3. The summed E-state index contributed by atoms with van der Waals surface area (Å²) in [5.41, 5.74) is 9.53. The highest BCUT2D eigenvalue weighted by Gasteiger charge is 2.26. The molecule has 0 fully saturated rings. The predicted molar refractivity (Wildman–Crippen MR) is 86.1 cm³/mol. The van der Waals surface area contributed by atoms with Crippen molar-refractivity contribution in [2.24, 2.45) is 11.5 Å². The Bertz CT molecular complexity index is 821. The van der Waals surface area contributed by atoms with Crippen LogP contribution in [-0.4, -0.2) is 29.0 Å². The Balaban J connectivity index is 0.00000338. The second-order valence-electron chi connectivity index (χ2n) is 4.87. The molecule has 11 nitrogen and oxygen atoms in total. The number of nitrogens with zero attached hydrogens (tertiary/aromatic N) is 2. The van der Waals surface area contributed by atoms with Crippen LogP contribution in [0.5, 0.6) is 5.75 Å². The van der Waals surface area contributed by atoms with Gasteiger partial charge in [0.05, 0.1) is 0 Å². The molecule has 0 saturated heterocycles. The molecule has 1 aromatic carbocycles. The Morgan fingerprint density at radius 3 is 2.62 bits per heavy atom. The maximum absolute atomic E-state index is 12.2. The lowest BCUT2D eigenvalue weighted by molar-refractivity contribution is -0.803. The third-order valence-corrected chi connectivity index (χ3v) is 2.94. The van der Waals surface area contributed by atoms with E-state index in [-0.39, 0.29) is 34.3 Å². The molecule has 1 atom stereocenters. The van der Waals surface area contributed by atoms with Crippen LogP contribution in [0.4, 0.5) is 0 Å². The quantitative estimate of drug-likeness (QED) is 0.374. The molecule has 0 radical (unpaired) electrons. The fraction of sp³-hybridized carbons (Fsp3) is 0.214. The van der Waals surface area contributed by atoms with Gasteiger partial charge in [0.25, 0.3) is 17.3 Å². The SMILES string of the molecule is CC(N)C(=O)Oc1ccccc1C(=O)OCc1no[n+]([O-])c1C(N)=O.Cl. The number of aromatic nitrogens is 2. The largest absolute Gasteiger partial charge is 0.453 e. The Kier molecular flexibility index (Phi) is 7.05. The molecule has 12 heteroatoms. The fourth-order valence-electron chi connectivity index (χ4n) is 1.74. The zero-order valence-electron chi connectivity index (χ0n) is 13.4. The van der Waals surface area contributed by atoms with Crippen LogP contribution in [-0.2, 0) is 16.1 Å². The molecule has 1 amide bonds. The van der Waals surface area contributed by atoms with Crippen molar-refractivity contribution in [1.29, 1.82) is 0 Å². The van der Waals surface area contributed by atoms with Crippen molar-refractivity contribution in [2.75, 3.05) is 0 Å². The average molecular weight is 387 g/mol. The molecule has 1 aromatic heterocycles. The molecule has 140 valence electrons. The van der Waals surface area contributed by atoms with Gasteiger partial charge in [-0.1, -0.05) is 12.1 Å². The van der Waals surface area contributed by atoms with E-state index in [0.29, 0.717) is 0 Å². The van der Waals surface area contributed by atoms with E-state index in [0.717, 1.165) is 0 Å². The standard InChI is InChI=1S/C14H14N4O7.ClH/c1-7(15)13(20)24-10-5-3-2-4-8(10)14(21)23-6-9-11(12(16)19)18(22)25-17-9;/h2-5,7H,6,15H2,1H3,(H2,16,19);1H. The molecule has 0 saturated carbocycles. The first kappa shape index (κ1) is 20.9. The lowest BCUT2D eigenvalue weighted by Crippen LogP contribution is -2.35. The van der Waals surface area contributed by atoms with Crippen molar-refractivity contribution < 1.29 is 33.4 Å². The van der Waals surface area contributed by atoms with Crippen LogP contribution in [0.25, 0.3) is 0 Å². The first-order valence-electron chi connectivity index (χ1n) is 6.93. The van der Waals surface area contributed by atoms with E-state index in [9.17, 15) is 19.6 Å². The van der Waals surface area contributed by atoms with Crippen LogP contribution in [0.15, 0.2) is 28.9 Å². The normalized spacial score (nSPS) is 11.2. The second-order valence-corrected chi connectivity index (χ2v) is 4.87. The molecule has 1 heterocycles. The highest BCUT2D eigenvalue weighted by Crippen LogP contribution is 2.20. The van der Waals surface area contributed by atoms with Gasteiger partial charge >= 0.3 is 11.9 Å². The molecular formula is C14H15ClN4O7. The van der Waals surface area contributed by atoms with Crippen LogP contribution in [0.3, 0.4) is 0 Å². The number of halogens is 1. The summed E-state index contributed by atoms with van der Waals surface area (Å²) < 4.78 is 14.2. The van der Waals surface area contributed by atoms with Crippen molar-refractivity contribution in [3.05, 3.63) is 46.4 Å². The Labute approximate surface area is 152 Å².